The molecule has 2 aromatic heterocycles. The van der Waals surface area contributed by atoms with E-state index in [1.54, 1.807) is 47.3 Å². The van der Waals surface area contributed by atoms with E-state index in [0.717, 1.165) is 16.5 Å². The Morgan fingerprint density at radius 1 is 0.941 bits per heavy atom. The van der Waals surface area contributed by atoms with Gasteiger partial charge in [-0.25, -0.2) is 4.79 Å². The van der Waals surface area contributed by atoms with Gasteiger partial charge in [0.05, 0.1) is 28.4 Å². The van der Waals surface area contributed by atoms with E-state index < -0.39 is 11.9 Å². The molecule has 3 aromatic carbocycles. The summed E-state index contributed by atoms with van der Waals surface area (Å²) in [4.78, 5) is 37.0. The molecule has 0 aliphatic carbocycles. The smallest absolute Gasteiger partial charge is 0.335 e. The van der Waals surface area contributed by atoms with Gasteiger partial charge >= 0.3 is 5.97 Å². The molecule has 0 unspecified atom stereocenters. The number of carbonyl (C=O) groups excluding carboxylic acids is 2. The summed E-state index contributed by atoms with van der Waals surface area (Å²) in [5, 5.41) is 18.2. The number of hydrogen-bond donors (Lipinski definition) is 2. The summed E-state index contributed by atoms with van der Waals surface area (Å²) in [6.07, 6.45) is 3.24. The van der Waals surface area contributed by atoms with Crippen molar-refractivity contribution in [3.63, 3.8) is 0 Å². The first-order valence-corrected chi connectivity index (χ1v) is 10.5. The first kappa shape index (κ1) is 21.1. The maximum Gasteiger partial charge on any atom is 0.335 e. The molecule has 5 rings (SSSR count). The number of nitrogens with zero attached hydrogens (tertiary/aromatic N) is 3. The van der Waals surface area contributed by atoms with Crippen LogP contribution in [0.4, 0.5) is 5.69 Å². The van der Waals surface area contributed by atoms with E-state index in [2.05, 4.69) is 10.4 Å². The Morgan fingerprint density at radius 3 is 2.50 bits per heavy atom. The molecule has 8 heteroatoms. The van der Waals surface area contributed by atoms with Crippen LogP contribution in [0.3, 0.4) is 0 Å². The predicted octanol–water partition coefficient (Wildman–Crippen LogP) is 4.81. The van der Waals surface area contributed by atoms with Crippen LogP contribution in [-0.2, 0) is 7.05 Å². The minimum atomic E-state index is -1.10. The standard InChI is InChI=1S/C26H20N4O4/c1-15(31)30-14-22(21-5-3-4-6-24(21)30)25(32)28-20-11-17(10-18(12-20)26(33)34)16-7-8-23-19(9-16)13-27-29(23)2/h3-14H,1-2H3,(H,28,32)(H,33,34). The molecule has 0 saturated heterocycles. The molecule has 2 heterocycles. The zero-order valence-electron chi connectivity index (χ0n) is 18.4. The van der Waals surface area contributed by atoms with Crippen molar-refractivity contribution < 1.29 is 19.5 Å². The monoisotopic (exact) mass is 452 g/mol. The molecule has 5 aromatic rings. The fraction of sp³-hybridized carbons (Fsp3) is 0.0769. The van der Waals surface area contributed by atoms with Gasteiger partial charge in [0.2, 0.25) is 5.91 Å². The molecule has 1 amide bonds. The van der Waals surface area contributed by atoms with Crippen molar-refractivity contribution in [1.82, 2.24) is 14.3 Å². The molecule has 0 aliphatic rings. The van der Waals surface area contributed by atoms with Crippen molar-refractivity contribution >= 4 is 45.3 Å². The van der Waals surface area contributed by atoms with Crippen molar-refractivity contribution in [3.05, 3.63) is 84.2 Å². The van der Waals surface area contributed by atoms with E-state index in [1.807, 2.05) is 25.2 Å². The minimum absolute atomic E-state index is 0.0465. The van der Waals surface area contributed by atoms with Gasteiger partial charge < -0.3 is 10.4 Å². The van der Waals surface area contributed by atoms with Crippen LogP contribution in [0.2, 0.25) is 0 Å². The van der Waals surface area contributed by atoms with Crippen molar-refractivity contribution in [1.29, 1.82) is 0 Å². The van der Waals surface area contributed by atoms with Gasteiger partial charge in [-0.15, -0.1) is 0 Å². The number of benzene rings is 3. The van der Waals surface area contributed by atoms with E-state index >= 15 is 0 Å². The Hall–Kier alpha value is -4.72. The number of fused-ring (bicyclic) bond motifs is 2. The van der Waals surface area contributed by atoms with Crippen molar-refractivity contribution in [3.8, 4) is 11.1 Å². The number of aromatic nitrogens is 3. The highest BCUT2D eigenvalue weighted by Crippen LogP contribution is 2.29. The van der Waals surface area contributed by atoms with Crippen molar-refractivity contribution in [2.75, 3.05) is 5.32 Å². The van der Waals surface area contributed by atoms with Crippen LogP contribution >= 0.6 is 0 Å². The summed E-state index contributed by atoms with van der Waals surface area (Å²) in [5.41, 5.74) is 3.73. The quantitative estimate of drug-likeness (QED) is 0.407. The number of aryl methyl sites for hydroxylation is 1. The Labute approximate surface area is 194 Å². The lowest BCUT2D eigenvalue weighted by molar-refractivity contribution is 0.0696. The highest BCUT2D eigenvalue weighted by atomic mass is 16.4. The maximum absolute atomic E-state index is 13.2. The Bertz CT molecular complexity index is 1630. The number of amides is 1. The number of carboxylic acids is 1. The second-order valence-corrected chi connectivity index (χ2v) is 8.05. The van der Waals surface area contributed by atoms with Gasteiger partial charge in [0, 0.05) is 36.6 Å². The molecule has 168 valence electrons. The van der Waals surface area contributed by atoms with Crippen molar-refractivity contribution in [2.45, 2.75) is 6.92 Å². The summed E-state index contributed by atoms with van der Waals surface area (Å²) >= 11 is 0. The molecule has 0 bridgehead atoms. The lowest BCUT2D eigenvalue weighted by Gasteiger charge is -2.10. The van der Waals surface area contributed by atoms with E-state index in [4.69, 9.17) is 0 Å². The van der Waals surface area contributed by atoms with Gasteiger partial charge in [0.25, 0.3) is 5.91 Å². The fourth-order valence-corrected chi connectivity index (χ4v) is 4.15. The summed E-state index contributed by atoms with van der Waals surface area (Å²) in [6.45, 7) is 1.43. The number of carboxylic acid groups (broad SMARTS) is 1. The number of anilines is 1. The Balaban J connectivity index is 1.56. The minimum Gasteiger partial charge on any atom is -0.478 e. The zero-order chi connectivity index (χ0) is 24.0. The third-order valence-corrected chi connectivity index (χ3v) is 5.81. The third-order valence-electron chi connectivity index (χ3n) is 5.81. The van der Waals surface area contributed by atoms with Crippen LogP contribution in [-0.4, -0.2) is 37.2 Å². The Kier molecular flexibility index (Phi) is 4.98. The number of nitrogens with one attached hydrogen (secondary N) is 1. The third kappa shape index (κ3) is 3.61. The van der Waals surface area contributed by atoms with Crippen LogP contribution in [0.15, 0.2) is 73.1 Å². The Morgan fingerprint density at radius 2 is 1.74 bits per heavy atom. The highest BCUT2D eigenvalue weighted by Gasteiger charge is 2.18. The topological polar surface area (TPSA) is 106 Å². The molecule has 0 spiro atoms. The molecule has 2 N–H and O–H groups in total. The predicted molar refractivity (Wildman–Crippen MR) is 129 cm³/mol. The zero-order valence-corrected chi connectivity index (χ0v) is 18.4. The summed E-state index contributed by atoms with van der Waals surface area (Å²) in [6, 6.07) is 17.6. The van der Waals surface area contributed by atoms with Crippen LogP contribution in [0.1, 0.15) is 32.4 Å². The van der Waals surface area contributed by atoms with Gasteiger partial charge in [-0.1, -0.05) is 24.3 Å². The van der Waals surface area contributed by atoms with E-state index in [0.29, 0.717) is 27.7 Å². The highest BCUT2D eigenvalue weighted by molar-refractivity contribution is 6.14. The van der Waals surface area contributed by atoms with Crippen LogP contribution in [0, 0.1) is 0 Å². The molecule has 8 nitrogen and oxygen atoms in total. The molecular weight excluding hydrogens is 432 g/mol. The molecule has 0 radical (unpaired) electrons. The fourth-order valence-electron chi connectivity index (χ4n) is 4.15. The SMILES string of the molecule is CC(=O)n1cc(C(=O)Nc2cc(C(=O)O)cc(-c3ccc4c(cnn4C)c3)c2)c2ccccc21. The summed E-state index contributed by atoms with van der Waals surface area (Å²) in [7, 11) is 1.85. The van der Waals surface area contributed by atoms with Gasteiger partial charge in [-0.3, -0.25) is 18.8 Å². The number of para-hydroxylation sites is 1. The summed E-state index contributed by atoms with van der Waals surface area (Å²) in [5.74, 6) is -1.75. The second-order valence-electron chi connectivity index (χ2n) is 8.05. The van der Waals surface area contributed by atoms with Crippen molar-refractivity contribution in [2.24, 2.45) is 7.05 Å². The maximum atomic E-state index is 13.2. The normalized spacial score (nSPS) is 11.1. The van der Waals surface area contributed by atoms with E-state index in [9.17, 15) is 19.5 Å². The largest absolute Gasteiger partial charge is 0.478 e. The van der Waals surface area contributed by atoms with Gasteiger partial charge in [0.15, 0.2) is 0 Å². The first-order valence-electron chi connectivity index (χ1n) is 10.5. The summed E-state index contributed by atoms with van der Waals surface area (Å²) < 4.78 is 3.18. The molecule has 0 fully saturated rings. The molecular formula is C26H20N4O4. The average molecular weight is 452 g/mol. The van der Waals surface area contributed by atoms with Crippen LogP contribution in [0.5, 0.6) is 0 Å². The van der Waals surface area contributed by atoms with Gasteiger partial charge in [0.1, 0.15) is 0 Å². The lowest BCUT2D eigenvalue weighted by Crippen LogP contribution is -2.13. The molecule has 0 saturated carbocycles. The number of rotatable bonds is 4. The van der Waals surface area contributed by atoms with Gasteiger partial charge in [-0.2, -0.15) is 5.10 Å². The second kappa shape index (κ2) is 8.00. The first-order chi connectivity index (χ1) is 16.3. The lowest BCUT2D eigenvalue weighted by atomic mass is 10.0. The van der Waals surface area contributed by atoms with Crippen LogP contribution in [0.25, 0.3) is 32.9 Å². The number of carbonyl (C=O) groups is 3. The molecule has 0 aliphatic heterocycles. The van der Waals surface area contributed by atoms with E-state index in [1.165, 1.54) is 23.8 Å². The number of hydrogen-bond acceptors (Lipinski definition) is 4. The van der Waals surface area contributed by atoms with E-state index in [-0.39, 0.29) is 11.5 Å². The van der Waals surface area contributed by atoms with Crippen LogP contribution < -0.4 is 5.32 Å². The molecule has 34 heavy (non-hydrogen) atoms. The average Bonchev–Trinajstić information content (AvgIpc) is 3.39. The number of aromatic carboxylic acids is 1. The van der Waals surface area contributed by atoms with Gasteiger partial charge in [-0.05, 0) is 47.5 Å². The molecule has 0 atom stereocenters.